The van der Waals surface area contributed by atoms with Crippen LogP contribution in [0, 0.1) is 23.5 Å². The first kappa shape index (κ1) is 33.4. The van der Waals surface area contributed by atoms with E-state index in [1.54, 1.807) is 36.9 Å². The van der Waals surface area contributed by atoms with E-state index in [1.165, 1.54) is 12.4 Å². The van der Waals surface area contributed by atoms with Crippen molar-refractivity contribution < 1.29 is 19.0 Å². The summed E-state index contributed by atoms with van der Waals surface area (Å²) >= 11 is 12.0. The highest BCUT2D eigenvalue weighted by atomic mass is 35.5. The molecule has 6 aromatic heterocycles. The van der Waals surface area contributed by atoms with E-state index in [1.807, 2.05) is 0 Å². The molecule has 6 heterocycles. The summed E-state index contributed by atoms with van der Waals surface area (Å²) in [4.78, 5) is 31.6. The number of aromatic nitrogens is 8. The van der Waals surface area contributed by atoms with Crippen molar-refractivity contribution in [3.05, 3.63) is 82.4 Å². The van der Waals surface area contributed by atoms with Crippen molar-refractivity contribution >= 4 is 45.3 Å². The molecule has 0 bridgehead atoms. The fraction of sp³-hybridized carbons (Fsp3) is 0.371. The maximum Gasteiger partial charge on any atom is 0.163 e. The molecule has 4 unspecified atom stereocenters. The molecule has 8 rings (SSSR count). The molecule has 4 N–H and O–H groups in total. The lowest BCUT2D eigenvalue weighted by Gasteiger charge is -2.27. The molecule has 6 aromatic rings. The van der Waals surface area contributed by atoms with Crippen LogP contribution >= 0.6 is 23.2 Å². The van der Waals surface area contributed by atoms with Crippen LogP contribution in [-0.4, -0.2) is 62.3 Å². The van der Waals surface area contributed by atoms with Crippen LogP contribution in [0.3, 0.4) is 0 Å². The van der Waals surface area contributed by atoms with Crippen LogP contribution in [0.15, 0.2) is 49.3 Å². The number of hydrogen-bond acceptors (Lipinski definition) is 8. The van der Waals surface area contributed by atoms with Gasteiger partial charge in [0.25, 0.3) is 0 Å². The Hall–Kier alpha value is -4.10. The van der Waals surface area contributed by atoms with E-state index >= 15 is 0 Å². The minimum Gasteiger partial charge on any atom is -0.393 e. The van der Waals surface area contributed by atoms with E-state index in [9.17, 15) is 19.0 Å². The monoisotopic (exact) mass is 706 g/mol. The van der Waals surface area contributed by atoms with Gasteiger partial charge in [0.1, 0.15) is 11.3 Å². The van der Waals surface area contributed by atoms with Gasteiger partial charge in [0.2, 0.25) is 0 Å². The Morgan fingerprint density at radius 2 is 1.08 bits per heavy atom. The van der Waals surface area contributed by atoms with E-state index in [-0.39, 0.29) is 24.0 Å². The Kier molecular flexibility index (Phi) is 9.82. The fourth-order valence-corrected chi connectivity index (χ4v) is 7.17. The third-order valence-electron chi connectivity index (χ3n) is 9.51. The van der Waals surface area contributed by atoms with Crippen molar-refractivity contribution in [2.75, 3.05) is 0 Å². The van der Waals surface area contributed by atoms with E-state index in [4.69, 9.17) is 23.2 Å². The van der Waals surface area contributed by atoms with Gasteiger partial charge in [-0.2, -0.15) is 0 Å². The molecule has 254 valence electrons. The zero-order valence-electron chi connectivity index (χ0n) is 26.4. The Labute approximate surface area is 290 Å². The summed E-state index contributed by atoms with van der Waals surface area (Å²) < 4.78 is 28.3. The molecule has 4 atom stereocenters. The van der Waals surface area contributed by atoms with E-state index < -0.39 is 11.6 Å². The van der Waals surface area contributed by atoms with Gasteiger partial charge >= 0.3 is 0 Å². The molecule has 2 aliphatic rings. The molecule has 2 aliphatic carbocycles. The number of hydrogen-bond donors (Lipinski definition) is 4. The number of pyridine rings is 2. The lowest BCUT2D eigenvalue weighted by Crippen LogP contribution is -2.27. The smallest absolute Gasteiger partial charge is 0.163 e. The second-order valence-corrected chi connectivity index (χ2v) is 13.6. The summed E-state index contributed by atoms with van der Waals surface area (Å²) in [6.07, 6.45) is 15.5. The van der Waals surface area contributed by atoms with Gasteiger partial charge in [0, 0.05) is 46.7 Å². The molecule has 0 aliphatic heterocycles. The van der Waals surface area contributed by atoms with Gasteiger partial charge in [-0.05, 0) is 62.5 Å². The zero-order chi connectivity index (χ0) is 34.1. The molecule has 49 heavy (non-hydrogen) atoms. The fourth-order valence-electron chi connectivity index (χ4n) is 6.85. The standard InChI is InChI=1S/C18H18ClFN4O.C17H16ClFN4O/c19-11-6-12-13(8-22-17(12)21-7-11)18-23-9-14(20)15(24-18)5-10-3-1-2-4-16(10)25;18-10-5-11-12(7-21-16(11)20-6-10)17-22-8-13(19)14(23-17)4-9-2-1-3-15(9)24/h6-10,16,25H,1-5H2,(H,21,22);5-9,15,24H,1-4H2,(H,20,21). The SMILES string of the molecule is OC1CCCC1Cc1nc(-c2c[nH]c3ncc(Cl)cc23)ncc1F.OC1CCCCC1Cc1nc(-c2c[nH]c3ncc(Cl)cc23)ncc1F. The summed E-state index contributed by atoms with van der Waals surface area (Å²) in [5, 5.41) is 22.7. The second kappa shape index (κ2) is 14.4. The topological polar surface area (TPSA) is 149 Å². The largest absolute Gasteiger partial charge is 0.393 e. The lowest BCUT2D eigenvalue weighted by molar-refractivity contribution is 0.0690. The van der Waals surface area contributed by atoms with Crippen molar-refractivity contribution in [2.24, 2.45) is 11.8 Å². The molecule has 0 spiro atoms. The highest BCUT2D eigenvalue weighted by Crippen LogP contribution is 2.32. The number of fused-ring (bicyclic) bond motifs is 2. The predicted octanol–water partition coefficient (Wildman–Crippen LogP) is 7.42. The summed E-state index contributed by atoms with van der Waals surface area (Å²) in [6, 6.07) is 3.57. The number of nitrogens with zero attached hydrogens (tertiary/aromatic N) is 6. The van der Waals surface area contributed by atoms with Gasteiger partial charge in [-0.25, -0.2) is 38.7 Å². The summed E-state index contributed by atoms with van der Waals surface area (Å²) in [5.41, 5.74) is 3.51. The van der Waals surface area contributed by atoms with Crippen LogP contribution in [0.2, 0.25) is 10.0 Å². The third-order valence-corrected chi connectivity index (χ3v) is 9.92. The van der Waals surface area contributed by atoms with E-state index in [0.717, 1.165) is 66.8 Å². The van der Waals surface area contributed by atoms with Crippen molar-refractivity contribution in [3.8, 4) is 22.8 Å². The summed E-state index contributed by atoms with van der Waals surface area (Å²) in [6.45, 7) is 0. The number of rotatable bonds is 6. The average Bonchev–Trinajstić information content (AvgIpc) is 3.82. The minimum absolute atomic E-state index is 0.0464. The van der Waals surface area contributed by atoms with Gasteiger partial charge in [0.15, 0.2) is 23.3 Å². The lowest BCUT2D eigenvalue weighted by atomic mass is 9.83. The number of aliphatic hydroxyl groups excluding tert-OH is 2. The summed E-state index contributed by atoms with van der Waals surface area (Å²) in [7, 11) is 0. The van der Waals surface area contributed by atoms with E-state index in [0.29, 0.717) is 57.2 Å². The molecule has 0 amide bonds. The van der Waals surface area contributed by atoms with Crippen molar-refractivity contribution in [1.82, 2.24) is 39.9 Å². The van der Waals surface area contributed by atoms with Gasteiger partial charge in [0.05, 0.1) is 46.0 Å². The number of aromatic amines is 2. The Bertz CT molecular complexity index is 2110. The van der Waals surface area contributed by atoms with Gasteiger partial charge in [-0.3, -0.25) is 0 Å². The number of nitrogens with one attached hydrogen (secondary N) is 2. The highest BCUT2D eigenvalue weighted by molar-refractivity contribution is 6.31. The first-order valence-corrected chi connectivity index (χ1v) is 17.1. The summed E-state index contributed by atoms with van der Waals surface area (Å²) in [5.74, 6) is 0.0870. The van der Waals surface area contributed by atoms with Crippen LogP contribution in [-0.2, 0) is 12.8 Å². The number of aliphatic hydroxyl groups is 2. The maximum atomic E-state index is 14.2. The highest BCUT2D eigenvalue weighted by Gasteiger charge is 2.28. The first-order valence-electron chi connectivity index (χ1n) is 16.4. The zero-order valence-corrected chi connectivity index (χ0v) is 27.9. The van der Waals surface area contributed by atoms with E-state index in [2.05, 4.69) is 39.9 Å². The van der Waals surface area contributed by atoms with Gasteiger partial charge in [-0.1, -0.05) is 42.5 Å². The Morgan fingerprint density at radius 3 is 1.55 bits per heavy atom. The molecule has 10 nitrogen and oxygen atoms in total. The Balaban J connectivity index is 0.000000154. The maximum absolute atomic E-state index is 14.2. The normalized spacial score (nSPS) is 20.9. The number of H-pyrrole nitrogens is 2. The van der Waals surface area contributed by atoms with Crippen molar-refractivity contribution in [1.29, 1.82) is 0 Å². The van der Waals surface area contributed by atoms with Crippen molar-refractivity contribution in [3.63, 3.8) is 0 Å². The molecular weight excluding hydrogens is 673 g/mol. The first-order chi connectivity index (χ1) is 23.7. The molecular formula is C35H34Cl2F2N8O2. The molecule has 0 saturated heterocycles. The van der Waals surface area contributed by atoms with Gasteiger partial charge < -0.3 is 20.2 Å². The molecule has 0 aromatic carbocycles. The number of halogens is 4. The minimum atomic E-state index is -0.436. The predicted molar refractivity (Wildman–Crippen MR) is 183 cm³/mol. The van der Waals surface area contributed by atoms with Crippen LogP contribution in [0.5, 0.6) is 0 Å². The molecule has 2 fully saturated rings. The Morgan fingerprint density at radius 1 is 0.633 bits per heavy atom. The molecule has 0 radical (unpaired) electrons. The van der Waals surface area contributed by atoms with Crippen molar-refractivity contribution in [2.45, 2.75) is 70.0 Å². The second-order valence-electron chi connectivity index (χ2n) is 12.8. The van der Waals surface area contributed by atoms with Gasteiger partial charge in [-0.15, -0.1) is 0 Å². The molecule has 14 heteroatoms. The van der Waals surface area contributed by atoms with Crippen LogP contribution in [0.1, 0.15) is 56.3 Å². The van der Waals surface area contributed by atoms with Crippen LogP contribution in [0.4, 0.5) is 8.78 Å². The average molecular weight is 708 g/mol. The van der Waals surface area contributed by atoms with Crippen LogP contribution in [0.25, 0.3) is 44.8 Å². The van der Waals surface area contributed by atoms with Crippen LogP contribution < -0.4 is 0 Å². The quantitative estimate of drug-likeness (QED) is 0.140. The molecule has 2 saturated carbocycles. The third kappa shape index (κ3) is 7.28.